The zero-order chi connectivity index (χ0) is 14.5. The number of aryl methyl sites for hydroxylation is 1. The SMILES string of the molecule is Cc1ccccc1C(=O)NCCn1cnc(C(=O)O)c1. The lowest BCUT2D eigenvalue weighted by Crippen LogP contribution is -2.27. The number of benzene rings is 1. The lowest BCUT2D eigenvalue weighted by molar-refractivity contribution is 0.0690. The highest BCUT2D eigenvalue weighted by Crippen LogP contribution is 2.06. The van der Waals surface area contributed by atoms with Crippen LogP contribution in [0.5, 0.6) is 0 Å². The number of hydrogen-bond acceptors (Lipinski definition) is 3. The second kappa shape index (κ2) is 6.01. The minimum Gasteiger partial charge on any atom is -0.476 e. The summed E-state index contributed by atoms with van der Waals surface area (Å²) in [5.74, 6) is -1.20. The van der Waals surface area contributed by atoms with Gasteiger partial charge in [-0.25, -0.2) is 9.78 Å². The van der Waals surface area contributed by atoms with Gasteiger partial charge in [0, 0.05) is 24.8 Å². The lowest BCUT2D eigenvalue weighted by atomic mass is 10.1. The van der Waals surface area contributed by atoms with Gasteiger partial charge in [-0.05, 0) is 18.6 Å². The zero-order valence-corrected chi connectivity index (χ0v) is 11.0. The highest BCUT2D eigenvalue weighted by atomic mass is 16.4. The number of carboxylic acids is 1. The van der Waals surface area contributed by atoms with Crippen molar-refractivity contribution in [3.8, 4) is 0 Å². The Hall–Kier alpha value is -2.63. The van der Waals surface area contributed by atoms with Crippen LogP contribution in [0.25, 0.3) is 0 Å². The number of nitrogens with one attached hydrogen (secondary N) is 1. The Balaban J connectivity index is 1.88. The molecule has 0 aliphatic rings. The number of amides is 1. The van der Waals surface area contributed by atoms with Crippen LogP contribution >= 0.6 is 0 Å². The number of carboxylic acid groups (broad SMARTS) is 1. The molecule has 0 aliphatic heterocycles. The topological polar surface area (TPSA) is 84.2 Å². The number of aromatic nitrogens is 2. The van der Waals surface area contributed by atoms with Gasteiger partial charge < -0.3 is 15.0 Å². The molecule has 0 fully saturated rings. The molecule has 0 spiro atoms. The molecular weight excluding hydrogens is 258 g/mol. The van der Waals surface area contributed by atoms with Crippen molar-refractivity contribution < 1.29 is 14.7 Å². The third kappa shape index (κ3) is 3.23. The molecule has 1 aromatic heterocycles. The maximum Gasteiger partial charge on any atom is 0.356 e. The Bertz CT molecular complexity index is 634. The molecule has 6 heteroatoms. The summed E-state index contributed by atoms with van der Waals surface area (Å²) in [7, 11) is 0. The molecule has 2 rings (SSSR count). The monoisotopic (exact) mass is 273 g/mol. The van der Waals surface area contributed by atoms with Crippen LogP contribution in [0.3, 0.4) is 0 Å². The van der Waals surface area contributed by atoms with Crippen LogP contribution in [-0.2, 0) is 6.54 Å². The van der Waals surface area contributed by atoms with E-state index in [1.807, 2.05) is 25.1 Å². The number of carbonyl (C=O) groups is 2. The van der Waals surface area contributed by atoms with Gasteiger partial charge in [0.05, 0.1) is 6.33 Å². The van der Waals surface area contributed by atoms with Crippen molar-refractivity contribution in [1.29, 1.82) is 0 Å². The fourth-order valence-electron chi connectivity index (χ4n) is 1.81. The summed E-state index contributed by atoms with van der Waals surface area (Å²) < 4.78 is 1.63. The first-order valence-corrected chi connectivity index (χ1v) is 6.17. The van der Waals surface area contributed by atoms with Crippen molar-refractivity contribution in [2.75, 3.05) is 6.54 Å². The van der Waals surface area contributed by atoms with E-state index in [2.05, 4.69) is 10.3 Å². The Labute approximate surface area is 116 Å². The van der Waals surface area contributed by atoms with Gasteiger partial charge in [0.1, 0.15) is 0 Å². The second-order valence-electron chi connectivity index (χ2n) is 4.37. The van der Waals surface area contributed by atoms with E-state index in [4.69, 9.17) is 5.11 Å². The van der Waals surface area contributed by atoms with E-state index in [1.165, 1.54) is 12.5 Å². The van der Waals surface area contributed by atoms with E-state index >= 15 is 0 Å². The number of carbonyl (C=O) groups excluding carboxylic acids is 1. The van der Waals surface area contributed by atoms with Gasteiger partial charge >= 0.3 is 5.97 Å². The van der Waals surface area contributed by atoms with Crippen LogP contribution in [0.4, 0.5) is 0 Å². The van der Waals surface area contributed by atoms with E-state index in [9.17, 15) is 9.59 Å². The van der Waals surface area contributed by atoms with E-state index < -0.39 is 5.97 Å². The highest BCUT2D eigenvalue weighted by Gasteiger charge is 2.08. The number of rotatable bonds is 5. The van der Waals surface area contributed by atoms with Gasteiger partial charge in [0.15, 0.2) is 5.69 Å². The van der Waals surface area contributed by atoms with Crippen LogP contribution in [-0.4, -0.2) is 33.1 Å². The Morgan fingerprint density at radius 1 is 1.35 bits per heavy atom. The Morgan fingerprint density at radius 3 is 2.75 bits per heavy atom. The third-order valence-electron chi connectivity index (χ3n) is 2.90. The minimum absolute atomic E-state index is 0.00442. The average Bonchev–Trinajstić information content (AvgIpc) is 2.88. The summed E-state index contributed by atoms with van der Waals surface area (Å²) in [5.41, 5.74) is 1.56. The molecule has 104 valence electrons. The molecule has 0 saturated carbocycles. The van der Waals surface area contributed by atoms with Gasteiger partial charge in [-0.2, -0.15) is 0 Å². The molecule has 0 aliphatic carbocycles. The quantitative estimate of drug-likeness (QED) is 0.860. The maximum absolute atomic E-state index is 11.9. The molecule has 0 saturated heterocycles. The summed E-state index contributed by atoms with van der Waals surface area (Å²) in [6, 6.07) is 7.34. The summed E-state index contributed by atoms with van der Waals surface area (Å²) in [6.45, 7) is 2.75. The summed E-state index contributed by atoms with van der Waals surface area (Å²) in [4.78, 5) is 26.3. The smallest absolute Gasteiger partial charge is 0.356 e. The first kappa shape index (κ1) is 13.8. The summed E-state index contributed by atoms with van der Waals surface area (Å²) >= 11 is 0. The highest BCUT2D eigenvalue weighted by molar-refractivity contribution is 5.95. The summed E-state index contributed by atoms with van der Waals surface area (Å²) in [6.07, 6.45) is 2.87. The van der Waals surface area contributed by atoms with E-state index in [1.54, 1.807) is 10.6 Å². The van der Waals surface area contributed by atoms with Crippen LogP contribution < -0.4 is 5.32 Å². The minimum atomic E-state index is -1.06. The molecular formula is C14H15N3O3. The first-order valence-electron chi connectivity index (χ1n) is 6.17. The molecule has 20 heavy (non-hydrogen) atoms. The molecule has 1 heterocycles. The number of hydrogen-bond donors (Lipinski definition) is 2. The first-order chi connectivity index (χ1) is 9.58. The Kier molecular flexibility index (Phi) is 4.14. The van der Waals surface area contributed by atoms with E-state index in [0.717, 1.165) is 5.56 Å². The van der Waals surface area contributed by atoms with Crippen LogP contribution in [0.2, 0.25) is 0 Å². The fourth-order valence-corrected chi connectivity index (χ4v) is 1.81. The molecule has 2 aromatic rings. The predicted molar refractivity (Wildman–Crippen MR) is 72.7 cm³/mol. The largest absolute Gasteiger partial charge is 0.476 e. The van der Waals surface area contributed by atoms with Crippen molar-refractivity contribution in [1.82, 2.24) is 14.9 Å². The molecule has 0 atom stereocenters. The van der Waals surface area contributed by atoms with Crippen LogP contribution in [0, 0.1) is 6.92 Å². The molecule has 0 unspecified atom stereocenters. The fraction of sp³-hybridized carbons (Fsp3) is 0.214. The van der Waals surface area contributed by atoms with Gasteiger partial charge in [-0.1, -0.05) is 18.2 Å². The van der Waals surface area contributed by atoms with Crippen molar-refractivity contribution in [3.63, 3.8) is 0 Å². The van der Waals surface area contributed by atoms with Gasteiger partial charge in [0.25, 0.3) is 5.91 Å². The summed E-state index contributed by atoms with van der Waals surface area (Å²) in [5, 5.41) is 11.5. The predicted octanol–water partition coefficient (Wildman–Crippen LogP) is 1.32. The molecule has 0 radical (unpaired) electrons. The van der Waals surface area contributed by atoms with E-state index in [-0.39, 0.29) is 11.6 Å². The van der Waals surface area contributed by atoms with Crippen molar-refractivity contribution in [3.05, 3.63) is 53.6 Å². The van der Waals surface area contributed by atoms with Gasteiger partial charge in [0.2, 0.25) is 0 Å². The average molecular weight is 273 g/mol. The van der Waals surface area contributed by atoms with Crippen LogP contribution in [0.15, 0.2) is 36.8 Å². The van der Waals surface area contributed by atoms with Gasteiger partial charge in [-0.3, -0.25) is 4.79 Å². The second-order valence-corrected chi connectivity index (χ2v) is 4.37. The molecule has 2 N–H and O–H groups in total. The maximum atomic E-state index is 11.9. The molecule has 1 aromatic carbocycles. The Morgan fingerprint density at radius 2 is 2.10 bits per heavy atom. The molecule has 6 nitrogen and oxygen atoms in total. The standard InChI is InChI=1S/C14H15N3O3/c1-10-4-2-3-5-11(10)13(18)15-6-7-17-8-12(14(19)20)16-9-17/h2-5,8-9H,6-7H2,1H3,(H,15,18)(H,19,20). The van der Waals surface area contributed by atoms with Gasteiger partial charge in [-0.15, -0.1) is 0 Å². The third-order valence-corrected chi connectivity index (χ3v) is 2.90. The van der Waals surface area contributed by atoms with Crippen molar-refractivity contribution in [2.24, 2.45) is 0 Å². The van der Waals surface area contributed by atoms with Crippen molar-refractivity contribution >= 4 is 11.9 Å². The lowest BCUT2D eigenvalue weighted by Gasteiger charge is -2.07. The number of nitrogens with zero attached hydrogens (tertiary/aromatic N) is 2. The normalized spacial score (nSPS) is 10.2. The van der Waals surface area contributed by atoms with E-state index in [0.29, 0.717) is 18.7 Å². The van der Waals surface area contributed by atoms with Crippen LogP contribution in [0.1, 0.15) is 26.4 Å². The number of imidazole rings is 1. The molecule has 0 bridgehead atoms. The van der Waals surface area contributed by atoms with Crippen molar-refractivity contribution in [2.45, 2.75) is 13.5 Å². The molecule has 1 amide bonds. The zero-order valence-electron chi connectivity index (χ0n) is 11.0. The number of aromatic carboxylic acids is 1.